The van der Waals surface area contributed by atoms with Crippen molar-refractivity contribution >= 4 is 28.4 Å². The number of carbonyl (C=O) groups excluding carboxylic acids is 1. The number of benzene rings is 1. The molecule has 0 atom stereocenters. The molecule has 0 bridgehead atoms. The number of nitrogens with zero attached hydrogens (tertiary/aromatic N) is 4. The van der Waals surface area contributed by atoms with E-state index in [9.17, 15) is 9.59 Å². The molecule has 11 nitrogen and oxygen atoms in total. The summed E-state index contributed by atoms with van der Waals surface area (Å²) in [7, 11) is 0. The second-order valence-electron chi connectivity index (χ2n) is 9.46. The van der Waals surface area contributed by atoms with E-state index in [0.29, 0.717) is 54.5 Å². The Labute approximate surface area is 218 Å². The molecular weight excluding hydrogens is 488 g/mol. The van der Waals surface area contributed by atoms with Crippen molar-refractivity contribution in [3.05, 3.63) is 69.6 Å². The number of aryl methyl sites for hydroxylation is 1. The molecular formula is C27H29N6O5+. The van der Waals surface area contributed by atoms with Crippen LogP contribution in [-0.4, -0.2) is 59.8 Å². The number of hydrogen-bond acceptors (Lipinski definition) is 8. The molecule has 0 unspecified atom stereocenters. The lowest BCUT2D eigenvalue weighted by atomic mass is 10.1. The molecule has 38 heavy (non-hydrogen) atoms. The van der Waals surface area contributed by atoms with Gasteiger partial charge in [0.05, 0.1) is 19.8 Å². The zero-order valence-corrected chi connectivity index (χ0v) is 21.1. The summed E-state index contributed by atoms with van der Waals surface area (Å²) >= 11 is 0. The van der Waals surface area contributed by atoms with Crippen LogP contribution in [0.3, 0.4) is 0 Å². The fraction of sp³-hybridized carbons (Fsp3) is 0.333. The van der Waals surface area contributed by atoms with E-state index in [0.717, 1.165) is 24.2 Å². The molecule has 0 saturated carbocycles. The number of nitrogen functional groups attached to an aromatic ring is 1. The maximum absolute atomic E-state index is 13.6. The van der Waals surface area contributed by atoms with E-state index < -0.39 is 0 Å². The Morgan fingerprint density at radius 3 is 2.82 bits per heavy atom. The number of morpholine rings is 1. The summed E-state index contributed by atoms with van der Waals surface area (Å²) in [6.07, 6.45) is 1.69. The minimum absolute atomic E-state index is 0.182. The summed E-state index contributed by atoms with van der Waals surface area (Å²) in [6.45, 7) is 6.48. The lowest BCUT2D eigenvalue weighted by Gasteiger charge is -2.26. The third-order valence-electron chi connectivity index (χ3n) is 7.05. The molecule has 3 aromatic heterocycles. The Bertz CT molecular complexity index is 1610. The normalized spacial score (nSPS) is 15.3. The van der Waals surface area contributed by atoms with Crippen molar-refractivity contribution in [2.45, 2.75) is 20.0 Å². The molecule has 0 spiro atoms. The molecule has 3 N–H and O–H groups in total. The Balaban J connectivity index is 1.38. The number of fused-ring (bicyclic) bond motifs is 3. The number of pyridine rings is 2. The van der Waals surface area contributed by atoms with Gasteiger partial charge in [-0.2, -0.15) is 0 Å². The van der Waals surface area contributed by atoms with Gasteiger partial charge in [-0.05, 0) is 36.8 Å². The maximum atomic E-state index is 13.6. The molecule has 1 saturated heterocycles. The number of nitrogens with one attached hydrogen (secondary N) is 1. The van der Waals surface area contributed by atoms with Crippen LogP contribution in [0.15, 0.2) is 47.4 Å². The number of anilines is 1. The van der Waals surface area contributed by atoms with Crippen LogP contribution in [0.5, 0.6) is 11.5 Å². The Morgan fingerprint density at radius 2 is 1.97 bits per heavy atom. The standard InChI is InChI=1S/C27H28N6O5/c1-17-3-2-6-33-24(17)30-25-20(27(33)35)14-19(23(28)32(25)8-7-31-9-11-36-12-10-31)26(34)29-15-18-4-5-21-22(13-18)38-16-37-21/h2-6,13-14,28H,7-12,15-16H2,1H3,(H,29,34)/p+1. The third kappa shape index (κ3) is 4.39. The van der Waals surface area contributed by atoms with Gasteiger partial charge < -0.3 is 25.3 Å². The smallest absolute Gasteiger partial charge is 0.278 e. The highest BCUT2D eigenvalue weighted by molar-refractivity contribution is 6.00. The van der Waals surface area contributed by atoms with Gasteiger partial charge in [0.1, 0.15) is 10.9 Å². The number of hydrogen-bond donors (Lipinski definition) is 2. The Hall–Kier alpha value is -4.22. The first-order chi connectivity index (χ1) is 18.5. The minimum atomic E-state index is -0.379. The van der Waals surface area contributed by atoms with E-state index in [4.69, 9.17) is 24.9 Å². The minimum Gasteiger partial charge on any atom is -0.454 e. The molecule has 11 heteroatoms. The van der Waals surface area contributed by atoms with Crippen molar-refractivity contribution in [1.82, 2.24) is 19.6 Å². The van der Waals surface area contributed by atoms with Gasteiger partial charge in [0.2, 0.25) is 18.3 Å². The van der Waals surface area contributed by atoms with E-state index in [1.807, 2.05) is 31.2 Å². The molecule has 2 aliphatic rings. The number of aromatic nitrogens is 3. The predicted molar refractivity (Wildman–Crippen MR) is 139 cm³/mol. The average molecular weight is 518 g/mol. The monoisotopic (exact) mass is 517 g/mol. The van der Waals surface area contributed by atoms with Crippen molar-refractivity contribution in [3.8, 4) is 11.5 Å². The predicted octanol–water partition coefficient (Wildman–Crippen LogP) is 1.02. The van der Waals surface area contributed by atoms with Gasteiger partial charge in [-0.15, -0.1) is 0 Å². The van der Waals surface area contributed by atoms with Crippen LogP contribution < -0.4 is 30.7 Å². The third-order valence-corrected chi connectivity index (χ3v) is 7.05. The average Bonchev–Trinajstić information content (AvgIpc) is 3.40. The molecule has 1 amide bonds. The molecule has 1 aromatic carbocycles. The van der Waals surface area contributed by atoms with Crippen molar-refractivity contribution in [2.75, 3.05) is 45.4 Å². The van der Waals surface area contributed by atoms with Crippen molar-refractivity contribution in [3.63, 3.8) is 0 Å². The molecule has 6 rings (SSSR count). The molecule has 0 radical (unpaired) electrons. The quantitative estimate of drug-likeness (QED) is 0.287. The highest BCUT2D eigenvalue weighted by Crippen LogP contribution is 2.32. The highest BCUT2D eigenvalue weighted by Gasteiger charge is 2.25. The molecule has 0 aliphatic carbocycles. The van der Waals surface area contributed by atoms with Crippen molar-refractivity contribution in [2.24, 2.45) is 0 Å². The van der Waals surface area contributed by atoms with E-state index in [-0.39, 0.29) is 36.2 Å². The summed E-state index contributed by atoms with van der Waals surface area (Å²) in [6, 6.07) is 10.8. The Kier molecular flexibility index (Phi) is 6.30. The fourth-order valence-corrected chi connectivity index (χ4v) is 4.91. The van der Waals surface area contributed by atoms with Crippen LogP contribution in [0, 0.1) is 6.92 Å². The number of amides is 1. The van der Waals surface area contributed by atoms with Gasteiger partial charge in [-0.3, -0.25) is 18.9 Å². The van der Waals surface area contributed by atoms with Crippen molar-refractivity contribution < 1.29 is 23.6 Å². The van der Waals surface area contributed by atoms with Crippen LogP contribution in [0.25, 0.3) is 16.7 Å². The molecule has 5 heterocycles. The molecule has 1 fully saturated rings. The van der Waals surface area contributed by atoms with E-state index in [2.05, 4.69) is 10.2 Å². The first-order valence-corrected chi connectivity index (χ1v) is 12.6. The Morgan fingerprint density at radius 1 is 1.16 bits per heavy atom. The summed E-state index contributed by atoms with van der Waals surface area (Å²) < 4.78 is 19.5. The van der Waals surface area contributed by atoms with Crippen LogP contribution in [0.1, 0.15) is 21.5 Å². The SMILES string of the molecule is Cc1cccn2c(=O)c3cc(C(=O)NCc4ccc5c(c4)OCO5)c(N)[n+](CCN4CCOCC4)c3nc12. The summed E-state index contributed by atoms with van der Waals surface area (Å²) in [4.78, 5) is 34.0. The number of ether oxygens (including phenoxy) is 3. The number of carbonyl (C=O) groups is 1. The van der Waals surface area contributed by atoms with Crippen LogP contribution >= 0.6 is 0 Å². The summed E-state index contributed by atoms with van der Waals surface area (Å²) in [5, 5.41) is 3.26. The highest BCUT2D eigenvalue weighted by atomic mass is 16.7. The number of rotatable bonds is 6. The zero-order valence-electron chi connectivity index (χ0n) is 21.1. The van der Waals surface area contributed by atoms with E-state index >= 15 is 0 Å². The van der Waals surface area contributed by atoms with Crippen LogP contribution in [-0.2, 0) is 17.8 Å². The first-order valence-electron chi connectivity index (χ1n) is 12.6. The van der Waals surface area contributed by atoms with Gasteiger partial charge in [0.25, 0.3) is 17.1 Å². The second kappa shape index (κ2) is 9.92. The van der Waals surface area contributed by atoms with E-state index in [1.165, 1.54) is 4.40 Å². The van der Waals surface area contributed by atoms with Crippen molar-refractivity contribution in [1.29, 1.82) is 0 Å². The topological polar surface area (TPSA) is 124 Å². The summed E-state index contributed by atoms with van der Waals surface area (Å²) in [5.74, 6) is 1.20. The van der Waals surface area contributed by atoms with Crippen LogP contribution in [0.2, 0.25) is 0 Å². The molecule has 2 aliphatic heterocycles. The molecule has 4 aromatic rings. The number of nitrogens with two attached hydrogens (primary N) is 1. The lowest BCUT2D eigenvalue weighted by molar-refractivity contribution is -0.658. The summed E-state index contributed by atoms with van der Waals surface area (Å²) in [5.41, 5.74) is 9.33. The maximum Gasteiger partial charge on any atom is 0.278 e. The first kappa shape index (κ1) is 24.1. The fourth-order valence-electron chi connectivity index (χ4n) is 4.91. The second-order valence-corrected chi connectivity index (χ2v) is 9.46. The molecule has 196 valence electrons. The lowest BCUT2D eigenvalue weighted by Crippen LogP contribution is -2.48. The zero-order chi connectivity index (χ0) is 26.2. The van der Waals surface area contributed by atoms with Gasteiger partial charge in [-0.25, -0.2) is 4.57 Å². The van der Waals surface area contributed by atoms with Gasteiger partial charge in [0.15, 0.2) is 11.5 Å². The van der Waals surface area contributed by atoms with Gasteiger partial charge >= 0.3 is 0 Å². The van der Waals surface area contributed by atoms with Crippen LogP contribution in [0.4, 0.5) is 5.82 Å². The van der Waals surface area contributed by atoms with E-state index in [1.54, 1.807) is 22.9 Å². The largest absolute Gasteiger partial charge is 0.454 e. The van der Waals surface area contributed by atoms with Gasteiger partial charge in [0, 0.05) is 37.9 Å². The van der Waals surface area contributed by atoms with Gasteiger partial charge in [-0.1, -0.05) is 17.1 Å².